The van der Waals surface area contributed by atoms with E-state index in [1.54, 1.807) is 6.07 Å². The van der Waals surface area contributed by atoms with Crippen LogP contribution in [0.5, 0.6) is 11.5 Å². The zero-order valence-electron chi connectivity index (χ0n) is 12.1. The number of anilines is 1. The number of hydrogen-bond acceptors (Lipinski definition) is 5. The van der Waals surface area contributed by atoms with Crippen LogP contribution < -0.4 is 14.8 Å². The van der Waals surface area contributed by atoms with Crippen molar-refractivity contribution >= 4 is 23.5 Å². The predicted molar refractivity (Wildman–Crippen MR) is 80.9 cm³/mol. The second-order valence-electron chi connectivity index (χ2n) is 4.93. The Balaban J connectivity index is 1.88. The number of carboxylic acids is 2. The first-order chi connectivity index (χ1) is 11.4. The van der Waals surface area contributed by atoms with Crippen molar-refractivity contribution in [3.8, 4) is 11.5 Å². The van der Waals surface area contributed by atoms with Crippen LogP contribution in [0.4, 0.5) is 5.69 Å². The maximum Gasteiger partial charge on any atom is 0.335 e. The Labute approximate surface area is 135 Å². The average molecular weight is 329 g/mol. The summed E-state index contributed by atoms with van der Waals surface area (Å²) in [4.78, 5) is 34.4. The van der Waals surface area contributed by atoms with Crippen LogP contribution in [0.3, 0.4) is 0 Å². The van der Waals surface area contributed by atoms with Gasteiger partial charge in [0.05, 0.1) is 11.1 Å². The number of nitrogens with one attached hydrogen (secondary N) is 1. The number of aromatic carboxylic acids is 2. The summed E-state index contributed by atoms with van der Waals surface area (Å²) in [5, 5.41) is 20.6. The van der Waals surface area contributed by atoms with E-state index in [1.165, 1.54) is 24.3 Å². The molecule has 1 aliphatic heterocycles. The molecule has 1 aliphatic rings. The fourth-order valence-corrected chi connectivity index (χ4v) is 2.19. The van der Waals surface area contributed by atoms with Gasteiger partial charge in [0.1, 0.15) is 0 Å². The van der Waals surface area contributed by atoms with Gasteiger partial charge in [-0.25, -0.2) is 9.59 Å². The summed E-state index contributed by atoms with van der Waals surface area (Å²) in [6, 6.07) is 7.95. The lowest BCUT2D eigenvalue weighted by Gasteiger charge is -2.08. The summed E-state index contributed by atoms with van der Waals surface area (Å²) in [6.07, 6.45) is 0. The lowest BCUT2D eigenvalue weighted by Crippen LogP contribution is -2.13. The number of hydrogen-bond donors (Lipinski definition) is 3. The van der Waals surface area contributed by atoms with Crippen molar-refractivity contribution in [2.24, 2.45) is 0 Å². The van der Waals surface area contributed by atoms with Crippen molar-refractivity contribution < 1.29 is 34.1 Å². The summed E-state index contributed by atoms with van der Waals surface area (Å²) in [7, 11) is 0. The molecular weight excluding hydrogens is 318 g/mol. The van der Waals surface area contributed by atoms with Gasteiger partial charge in [-0.3, -0.25) is 4.79 Å². The molecule has 3 N–H and O–H groups in total. The van der Waals surface area contributed by atoms with E-state index in [9.17, 15) is 14.4 Å². The summed E-state index contributed by atoms with van der Waals surface area (Å²) >= 11 is 0. The zero-order chi connectivity index (χ0) is 17.3. The van der Waals surface area contributed by atoms with Gasteiger partial charge in [-0.05, 0) is 36.4 Å². The average Bonchev–Trinajstić information content (AvgIpc) is 3.01. The van der Waals surface area contributed by atoms with Crippen LogP contribution in [-0.2, 0) is 0 Å². The second-order valence-corrected chi connectivity index (χ2v) is 4.93. The molecule has 0 bridgehead atoms. The Bertz CT molecular complexity index is 827. The summed E-state index contributed by atoms with van der Waals surface area (Å²) in [5.41, 5.74) is -0.154. The molecule has 24 heavy (non-hydrogen) atoms. The minimum atomic E-state index is -1.29. The van der Waals surface area contributed by atoms with Gasteiger partial charge < -0.3 is 25.0 Å². The first kappa shape index (κ1) is 15.3. The van der Waals surface area contributed by atoms with Crippen molar-refractivity contribution in [1.29, 1.82) is 0 Å². The van der Waals surface area contributed by atoms with Gasteiger partial charge in [-0.2, -0.15) is 0 Å². The molecule has 0 aliphatic carbocycles. The van der Waals surface area contributed by atoms with Gasteiger partial charge in [0, 0.05) is 11.3 Å². The van der Waals surface area contributed by atoms with Gasteiger partial charge in [0.15, 0.2) is 11.5 Å². The number of carboxylic acid groups (broad SMARTS) is 2. The van der Waals surface area contributed by atoms with Crippen LogP contribution >= 0.6 is 0 Å². The molecule has 8 heteroatoms. The third-order valence-electron chi connectivity index (χ3n) is 3.32. The van der Waals surface area contributed by atoms with Crippen LogP contribution in [0.2, 0.25) is 0 Å². The first-order valence-corrected chi connectivity index (χ1v) is 6.77. The number of rotatable bonds is 4. The largest absolute Gasteiger partial charge is 0.478 e. The molecule has 1 heterocycles. The van der Waals surface area contributed by atoms with Crippen molar-refractivity contribution in [2.75, 3.05) is 12.1 Å². The van der Waals surface area contributed by atoms with Gasteiger partial charge in [-0.15, -0.1) is 0 Å². The van der Waals surface area contributed by atoms with Crippen LogP contribution in [0.15, 0.2) is 36.4 Å². The Morgan fingerprint density at radius 1 is 0.833 bits per heavy atom. The Morgan fingerprint density at radius 3 is 2.08 bits per heavy atom. The molecule has 0 fully saturated rings. The molecule has 2 aromatic carbocycles. The van der Waals surface area contributed by atoms with E-state index < -0.39 is 17.8 Å². The highest BCUT2D eigenvalue weighted by Crippen LogP contribution is 2.32. The summed E-state index contributed by atoms with van der Waals surface area (Å²) in [6.45, 7) is 0.0725. The molecular formula is C16H11NO7. The minimum absolute atomic E-state index is 0.0648. The number of amides is 1. The maximum atomic E-state index is 12.3. The lowest BCUT2D eigenvalue weighted by molar-refractivity contribution is 0.0696. The van der Waals surface area contributed by atoms with E-state index in [0.717, 1.165) is 6.07 Å². The van der Waals surface area contributed by atoms with Crippen molar-refractivity contribution in [3.05, 3.63) is 53.1 Å². The molecule has 0 saturated heterocycles. The fourth-order valence-electron chi connectivity index (χ4n) is 2.19. The first-order valence-electron chi connectivity index (χ1n) is 6.77. The third kappa shape index (κ3) is 2.98. The molecule has 1 amide bonds. The van der Waals surface area contributed by atoms with Crippen LogP contribution in [0.1, 0.15) is 31.1 Å². The highest BCUT2D eigenvalue weighted by Gasteiger charge is 2.17. The van der Waals surface area contributed by atoms with Crippen molar-refractivity contribution in [3.63, 3.8) is 0 Å². The Hall–Kier alpha value is -3.55. The van der Waals surface area contributed by atoms with Gasteiger partial charge in [-0.1, -0.05) is 0 Å². The van der Waals surface area contributed by atoms with Gasteiger partial charge >= 0.3 is 11.9 Å². The van der Waals surface area contributed by atoms with Crippen molar-refractivity contribution in [2.45, 2.75) is 0 Å². The number of carbonyl (C=O) groups is 3. The molecule has 0 saturated carbocycles. The van der Waals surface area contributed by atoms with Gasteiger partial charge in [0.2, 0.25) is 6.79 Å². The number of fused-ring (bicyclic) bond motifs is 1. The molecule has 0 atom stereocenters. The highest BCUT2D eigenvalue weighted by atomic mass is 16.7. The Kier molecular flexibility index (Phi) is 3.78. The van der Waals surface area contributed by atoms with Crippen LogP contribution in [0, 0.1) is 0 Å². The number of benzene rings is 2. The number of ether oxygens (including phenoxy) is 2. The van der Waals surface area contributed by atoms with E-state index in [-0.39, 0.29) is 29.2 Å². The standard InChI is InChI=1S/C16H11NO7/c18-14(8-1-2-12-13(6-8)24-7-23-12)17-11-4-9(15(19)20)3-10(5-11)16(21)22/h1-6H,7H2,(H,17,18)(H,19,20)(H,21,22). The van der Waals surface area contributed by atoms with Crippen LogP contribution in [0.25, 0.3) is 0 Å². The van der Waals surface area contributed by atoms with E-state index in [2.05, 4.69) is 5.32 Å². The minimum Gasteiger partial charge on any atom is -0.478 e. The molecule has 8 nitrogen and oxygen atoms in total. The summed E-state index contributed by atoms with van der Waals surface area (Å²) in [5.74, 6) is -2.18. The monoisotopic (exact) mass is 329 g/mol. The third-order valence-corrected chi connectivity index (χ3v) is 3.32. The molecule has 0 radical (unpaired) electrons. The van der Waals surface area contributed by atoms with Gasteiger partial charge in [0.25, 0.3) is 5.91 Å². The fraction of sp³-hybridized carbons (Fsp3) is 0.0625. The number of carbonyl (C=O) groups excluding carboxylic acids is 1. The summed E-state index contributed by atoms with van der Waals surface area (Å²) < 4.78 is 10.3. The zero-order valence-corrected chi connectivity index (χ0v) is 12.1. The quantitative estimate of drug-likeness (QED) is 0.784. The van der Waals surface area contributed by atoms with E-state index in [1.807, 2.05) is 0 Å². The topological polar surface area (TPSA) is 122 Å². The van der Waals surface area contributed by atoms with Crippen LogP contribution in [-0.4, -0.2) is 34.9 Å². The van der Waals surface area contributed by atoms with E-state index >= 15 is 0 Å². The maximum absolute atomic E-state index is 12.3. The lowest BCUT2D eigenvalue weighted by atomic mass is 10.1. The Morgan fingerprint density at radius 2 is 1.46 bits per heavy atom. The smallest absolute Gasteiger partial charge is 0.335 e. The normalized spacial score (nSPS) is 11.8. The molecule has 0 unspecified atom stereocenters. The van der Waals surface area contributed by atoms with E-state index in [4.69, 9.17) is 19.7 Å². The predicted octanol–water partition coefficient (Wildman–Crippen LogP) is 2.06. The highest BCUT2D eigenvalue weighted by molar-refractivity contribution is 6.06. The van der Waals surface area contributed by atoms with E-state index in [0.29, 0.717) is 11.5 Å². The molecule has 0 aromatic heterocycles. The molecule has 2 aromatic rings. The second kappa shape index (κ2) is 5.92. The SMILES string of the molecule is O=C(O)c1cc(NC(=O)c2ccc3c(c2)OCO3)cc(C(=O)O)c1. The molecule has 0 spiro atoms. The molecule has 122 valence electrons. The molecule has 3 rings (SSSR count). The van der Waals surface area contributed by atoms with Crippen molar-refractivity contribution in [1.82, 2.24) is 0 Å².